The summed E-state index contributed by atoms with van der Waals surface area (Å²) in [5.41, 5.74) is 8.19. The highest BCUT2D eigenvalue weighted by Crippen LogP contribution is 2.35. The lowest BCUT2D eigenvalue weighted by atomic mass is 9.82. The number of nitro groups is 2. The molecule has 4 aromatic carbocycles. The summed E-state index contributed by atoms with van der Waals surface area (Å²) in [6.07, 6.45) is 10.5. The van der Waals surface area contributed by atoms with Gasteiger partial charge in [-0.15, -0.1) is 0 Å². The number of rotatable bonds is 6. The fraction of sp³-hybridized carbons (Fsp3) is 0.481. The van der Waals surface area contributed by atoms with E-state index in [2.05, 4.69) is 76.6 Å². The number of halogens is 1. The molecule has 1 aliphatic carbocycles. The van der Waals surface area contributed by atoms with Gasteiger partial charge in [0.25, 0.3) is 5.69 Å². The van der Waals surface area contributed by atoms with Gasteiger partial charge in [-0.3, -0.25) is 65.6 Å². The molecule has 0 radical (unpaired) electrons. The van der Waals surface area contributed by atoms with E-state index in [1.807, 2.05) is 35.2 Å². The van der Waals surface area contributed by atoms with Gasteiger partial charge in [-0.05, 0) is 81.2 Å². The first-order valence-electron chi connectivity index (χ1n) is 26.5. The van der Waals surface area contributed by atoms with Crippen molar-refractivity contribution < 1.29 is 33.4 Å². The number of carbonyl (C=O) groups excluding carboxylic acids is 4. The van der Waals surface area contributed by atoms with Gasteiger partial charge in [0, 0.05) is 57.9 Å². The van der Waals surface area contributed by atoms with Crippen LogP contribution >= 0.6 is 0 Å². The van der Waals surface area contributed by atoms with E-state index in [9.17, 15) is 43.8 Å². The second kappa shape index (κ2) is 25.2. The summed E-state index contributed by atoms with van der Waals surface area (Å²) in [5, 5.41) is 45.5. The molecule has 4 spiro atoms. The molecule has 0 unspecified atom stereocenters. The number of hydrogen-bond acceptors (Lipinski definition) is 16. The zero-order chi connectivity index (χ0) is 54.5. The Morgan fingerprint density at radius 3 is 1.26 bits per heavy atom. The topological polar surface area (TPSA) is 287 Å². The van der Waals surface area contributed by atoms with Crippen LogP contribution in [0.4, 0.5) is 32.8 Å². The van der Waals surface area contributed by atoms with E-state index in [0.29, 0.717) is 58.3 Å². The van der Waals surface area contributed by atoms with Gasteiger partial charge in [0.15, 0.2) is 0 Å². The lowest BCUT2D eigenvalue weighted by Gasteiger charge is -2.38. The maximum atomic E-state index is 12.4. The van der Waals surface area contributed by atoms with Crippen molar-refractivity contribution in [2.24, 2.45) is 0 Å². The second-order valence-electron chi connectivity index (χ2n) is 20.6. The van der Waals surface area contributed by atoms with Crippen LogP contribution in [0, 0.1) is 26.0 Å². The van der Waals surface area contributed by atoms with E-state index in [-0.39, 0.29) is 50.9 Å². The number of nitrogens with zero attached hydrogens (tertiary/aromatic N) is 5. The van der Waals surface area contributed by atoms with Gasteiger partial charge in [-0.1, -0.05) is 86.0 Å². The van der Waals surface area contributed by atoms with Crippen LogP contribution in [-0.4, -0.2) is 126 Å². The summed E-state index contributed by atoms with van der Waals surface area (Å²) in [4.78, 5) is 73.5. The van der Waals surface area contributed by atoms with Crippen molar-refractivity contribution in [2.45, 2.75) is 99.3 Å². The molecular formula is C54H71FN14O8. The molecule has 77 heavy (non-hydrogen) atoms. The van der Waals surface area contributed by atoms with Gasteiger partial charge in [-0.2, -0.15) is 4.39 Å². The number of benzene rings is 4. The van der Waals surface area contributed by atoms with Gasteiger partial charge in [0.1, 0.15) is 22.3 Å². The molecule has 7 aliphatic heterocycles. The quantitative estimate of drug-likeness (QED) is 0.0756. The molecule has 8 fully saturated rings. The summed E-state index contributed by atoms with van der Waals surface area (Å²) < 4.78 is 12.4. The minimum Gasteiger partial charge on any atom is -0.397 e. The highest BCUT2D eigenvalue weighted by atomic mass is 19.1. The third-order valence-corrected chi connectivity index (χ3v) is 16.1. The molecule has 4 aromatic rings. The number of carbonyl (C=O) groups is 4. The minimum absolute atomic E-state index is 0.0414. The summed E-state index contributed by atoms with van der Waals surface area (Å²) in [5.74, 6) is -0.213. The predicted molar refractivity (Wildman–Crippen MR) is 289 cm³/mol. The number of anilines is 3. The lowest BCUT2D eigenvalue weighted by molar-refractivity contribution is -0.387. The Balaban J connectivity index is 0.000000130. The number of amides is 4. The molecule has 7 saturated heterocycles. The zero-order valence-electron chi connectivity index (χ0n) is 43.3. The number of nitrogens with one attached hydrogen (secondary N) is 8. The van der Waals surface area contributed by atoms with Crippen LogP contribution in [0.2, 0.25) is 0 Å². The standard InChI is InChI=1S/C14H19N3O.C13H16N4O3.C13H18N4O.C8H14N2O.C6H4FNO2/c18-13-14(16-11-15-13)6-8-17(9-7-14)10-12-4-2-1-3-5-12;18-12-13(15-9-14-12)5-7-16(8-6-13)10-3-1-2-4-11(10)17(19)20;14-10-3-1-2-4-11(10)17-7-5-13(6-8-17)12(18)15-9-16-13;11-7-8(10-6-9-7)4-2-1-3-5-8;7-5-3-1-2-4-6(5)8(9)10/h1-5,16H,6-11H2,(H,15,18);1-4,15H,5-9H2,(H,14,18);1-4,16H,5-9,14H2,(H,15,18);10H,1-6H2,(H,9,11);1-4H. The van der Waals surface area contributed by atoms with E-state index in [4.69, 9.17) is 5.73 Å². The van der Waals surface area contributed by atoms with Crippen molar-refractivity contribution in [3.8, 4) is 0 Å². The van der Waals surface area contributed by atoms with Gasteiger partial charge in [0.05, 0.1) is 53.4 Å². The molecule has 12 rings (SSSR count). The first kappa shape index (κ1) is 55.9. The lowest BCUT2D eigenvalue weighted by Crippen LogP contribution is -2.54. The first-order valence-corrected chi connectivity index (χ1v) is 26.5. The smallest absolute Gasteiger partial charge is 0.304 e. The molecular weight excluding hydrogens is 992 g/mol. The number of nitro benzene ring substituents is 2. The normalized spacial score (nSPS) is 21.4. The fourth-order valence-corrected chi connectivity index (χ4v) is 11.4. The third kappa shape index (κ3) is 13.3. The van der Waals surface area contributed by atoms with Crippen molar-refractivity contribution in [3.05, 3.63) is 135 Å². The highest BCUT2D eigenvalue weighted by molar-refractivity contribution is 5.90. The summed E-state index contributed by atoms with van der Waals surface area (Å²) >= 11 is 0. The van der Waals surface area contributed by atoms with Crippen LogP contribution in [0.25, 0.3) is 0 Å². The van der Waals surface area contributed by atoms with E-state index >= 15 is 0 Å². The van der Waals surface area contributed by atoms with Crippen LogP contribution in [0.5, 0.6) is 0 Å². The molecule has 4 amide bonds. The maximum Gasteiger partial charge on any atom is 0.304 e. The Bertz CT molecular complexity index is 2710. The molecule has 7 heterocycles. The zero-order valence-corrected chi connectivity index (χ0v) is 43.3. The summed E-state index contributed by atoms with van der Waals surface area (Å²) in [7, 11) is 0. The van der Waals surface area contributed by atoms with Crippen LogP contribution in [0.3, 0.4) is 0 Å². The van der Waals surface area contributed by atoms with E-state index < -0.39 is 22.0 Å². The maximum absolute atomic E-state index is 12.4. The van der Waals surface area contributed by atoms with E-state index in [1.165, 1.54) is 43.0 Å². The monoisotopic (exact) mass is 1060 g/mol. The number of likely N-dealkylation sites (tertiary alicyclic amines) is 1. The Morgan fingerprint density at radius 2 is 0.844 bits per heavy atom. The Kier molecular flexibility index (Phi) is 18.3. The van der Waals surface area contributed by atoms with Gasteiger partial charge in [0.2, 0.25) is 29.4 Å². The Morgan fingerprint density at radius 1 is 0.468 bits per heavy atom. The second-order valence-corrected chi connectivity index (χ2v) is 20.6. The number of nitrogen functional groups attached to an aromatic ring is 1. The molecule has 10 N–H and O–H groups in total. The van der Waals surface area contributed by atoms with Crippen molar-refractivity contribution >= 4 is 52.1 Å². The fourth-order valence-electron chi connectivity index (χ4n) is 11.4. The van der Waals surface area contributed by atoms with E-state index in [1.54, 1.807) is 18.2 Å². The largest absolute Gasteiger partial charge is 0.397 e. The van der Waals surface area contributed by atoms with Crippen LogP contribution in [-0.2, 0) is 25.7 Å². The first-order chi connectivity index (χ1) is 37.2. The SMILES string of the molecule is Nc1ccccc1N1CCC2(CC1)NCNC2=O.O=C1NCNC12CCCCC2.O=C1NCNC12CCN(Cc1ccccc1)CC2.O=C1NCNC12CCN(c1ccccc1[N+](=O)[O-])CC2.O=[N+]([O-])c1ccccc1F. The minimum atomic E-state index is -0.799. The molecule has 0 atom stereocenters. The average Bonchev–Trinajstić information content (AvgIpc) is 4.21. The van der Waals surface area contributed by atoms with Crippen molar-refractivity contribution in [1.82, 2.24) is 47.4 Å². The average molecular weight is 1060 g/mol. The Hall–Kier alpha value is -7.31. The molecule has 23 heteroatoms. The molecule has 22 nitrogen and oxygen atoms in total. The van der Waals surface area contributed by atoms with Crippen molar-refractivity contribution in [3.63, 3.8) is 0 Å². The van der Waals surface area contributed by atoms with Gasteiger partial charge >= 0.3 is 5.69 Å². The predicted octanol–water partition coefficient (Wildman–Crippen LogP) is 3.69. The van der Waals surface area contributed by atoms with Crippen LogP contribution in [0.15, 0.2) is 103 Å². The Labute approximate surface area is 447 Å². The number of hydrogen-bond donors (Lipinski definition) is 9. The van der Waals surface area contributed by atoms with Crippen LogP contribution in [0.1, 0.15) is 76.2 Å². The molecule has 8 aliphatic rings. The molecule has 0 bridgehead atoms. The third-order valence-electron chi connectivity index (χ3n) is 16.1. The van der Waals surface area contributed by atoms with Crippen molar-refractivity contribution in [1.29, 1.82) is 0 Å². The highest BCUT2D eigenvalue weighted by Gasteiger charge is 2.47. The van der Waals surface area contributed by atoms with Crippen LogP contribution < -0.4 is 58.1 Å². The number of para-hydroxylation sites is 5. The summed E-state index contributed by atoms with van der Waals surface area (Å²) in [6, 6.07) is 30.1. The molecule has 412 valence electrons. The number of nitrogens with two attached hydrogens (primary N) is 1. The molecule has 1 saturated carbocycles. The van der Waals surface area contributed by atoms with Gasteiger partial charge < -0.3 is 36.8 Å². The summed E-state index contributed by atoms with van der Waals surface area (Å²) in [6.45, 7) is 8.30. The number of piperidine rings is 3. The molecule has 0 aromatic heterocycles. The van der Waals surface area contributed by atoms with Crippen molar-refractivity contribution in [2.75, 3.05) is 81.5 Å². The van der Waals surface area contributed by atoms with E-state index in [0.717, 1.165) is 94.8 Å². The van der Waals surface area contributed by atoms with Gasteiger partial charge in [-0.25, -0.2) is 0 Å².